The van der Waals surface area contributed by atoms with Crippen LogP contribution in [0.2, 0.25) is 0 Å². The van der Waals surface area contributed by atoms with Gasteiger partial charge in [-0.15, -0.1) is 0 Å². The van der Waals surface area contributed by atoms with Gasteiger partial charge in [-0.05, 0) is 68.8 Å². The summed E-state index contributed by atoms with van der Waals surface area (Å²) in [5.74, 6) is 0.854. The van der Waals surface area contributed by atoms with Crippen molar-refractivity contribution in [2.45, 2.75) is 51.2 Å². The monoisotopic (exact) mass is 487 g/mol. The van der Waals surface area contributed by atoms with Gasteiger partial charge < -0.3 is 19.8 Å². The lowest BCUT2D eigenvalue weighted by molar-refractivity contribution is -0.142. The second kappa shape index (κ2) is 9.52. The topological polar surface area (TPSA) is 64.3 Å². The van der Waals surface area contributed by atoms with Gasteiger partial charge in [0, 0.05) is 62.6 Å². The highest BCUT2D eigenvalue weighted by Crippen LogP contribution is 2.33. The van der Waals surface area contributed by atoms with E-state index in [-0.39, 0.29) is 17.9 Å². The molecule has 1 saturated carbocycles. The average Bonchev–Trinajstić information content (AvgIpc) is 3.54. The molecule has 0 unspecified atom stereocenters. The van der Waals surface area contributed by atoms with E-state index >= 15 is 0 Å². The van der Waals surface area contributed by atoms with Crippen molar-refractivity contribution in [3.05, 3.63) is 54.4 Å². The van der Waals surface area contributed by atoms with Crippen molar-refractivity contribution in [3.63, 3.8) is 0 Å². The Bertz CT molecular complexity index is 1220. The Hall–Kier alpha value is -2.90. The van der Waals surface area contributed by atoms with E-state index in [1.54, 1.807) is 0 Å². The second-order valence-corrected chi connectivity index (χ2v) is 11.1. The molecule has 2 aromatic heterocycles. The van der Waals surface area contributed by atoms with Crippen molar-refractivity contribution in [1.82, 2.24) is 19.4 Å². The summed E-state index contributed by atoms with van der Waals surface area (Å²) >= 11 is 0. The summed E-state index contributed by atoms with van der Waals surface area (Å²) in [6.45, 7) is 9.99. The molecule has 3 aromatic rings. The fraction of sp³-hybridized carbons (Fsp3) is 0.517. The molecule has 3 aliphatic rings. The molecule has 3 fully saturated rings. The van der Waals surface area contributed by atoms with E-state index in [2.05, 4.69) is 71.3 Å². The Balaban J connectivity index is 1.15. The van der Waals surface area contributed by atoms with E-state index in [9.17, 15) is 9.90 Å². The van der Waals surface area contributed by atoms with Crippen LogP contribution < -0.4 is 4.90 Å². The second-order valence-electron chi connectivity index (χ2n) is 11.1. The number of piperazine rings is 1. The number of rotatable bonds is 5. The van der Waals surface area contributed by atoms with Gasteiger partial charge in [0.1, 0.15) is 0 Å². The molecule has 1 N–H and O–H groups in total. The Kier molecular flexibility index (Phi) is 6.21. The molecule has 1 aromatic carbocycles. The van der Waals surface area contributed by atoms with Gasteiger partial charge in [0.2, 0.25) is 5.91 Å². The van der Waals surface area contributed by atoms with Gasteiger partial charge in [0.25, 0.3) is 0 Å². The first-order chi connectivity index (χ1) is 17.5. The maximum atomic E-state index is 12.7. The summed E-state index contributed by atoms with van der Waals surface area (Å²) in [6.07, 6.45) is 6.17. The maximum absolute atomic E-state index is 12.7. The molecule has 1 amide bonds. The molecular weight excluding hydrogens is 450 g/mol. The Morgan fingerprint density at radius 1 is 1.00 bits per heavy atom. The van der Waals surface area contributed by atoms with E-state index in [0.717, 1.165) is 38.2 Å². The number of anilines is 1. The van der Waals surface area contributed by atoms with Crippen molar-refractivity contribution in [2.75, 3.05) is 44.2 Å². The zero-order valence-corrected chi connectivity index (χ0v) is 21.4. The number of hydrogen-bond acceptors (Lipinski definition) is 5. The Morgan fingerprint density at radius 3 is 2.42 bits per heavy atom. The molecule has 2 saturated heterocycles. The van der Waals surface area contributed by atoms with Crippen LogP contribution in [-0.2, 0) is 4.79 Å². The third-order valence-corrected chi connectivity index (χ3v) is 8.55. The zero-order chi connectivity index (χ0) is 24.8. The first-order valence-electron chi connectivity index (χ1n) is 13.5. The van der Waals surface area contributed by atoms with Crippen LogP contribution in [0.25, 0.3) is 16.6 Å². The van der Waals surface area contributed by atoms with Crippen LogP contribution in [0, 0.1) is 5.92 Å². The molecule has 36 heavy (non-hydrogen) atoms. The molecule has 7 heteroatoms. The van der Waals surface area contributed by atoms with Crippen LogP contribution in [-0.4, -0.2) is 81.8 Å². The normalized spacial score (nSPS) is 25.1. The number of fused-ring (bicyclic) bond motifs is 1. The number of hydrogen-bond donors (Lipinski definition) is 1. The van der Waals surface area contributed by atoms with E-state index in [0.29, 0.717) is 24.8 Å². The summed E-state index contributed by atoms with van der Waals surface area (Å²) in [7, 11) is 0. The lowest BCUT2D eigenvalue weighted by Crippen LogP contribution is -2.52. The molecule has 7 nitrogen and oxygen atoms in total. The van der Waals surface area contributed by atoms with Crippen LogP contribution >= 0.6 is 0 Å². The Morgan fingerprint density at radius 2 is 1.75 bits per heavy atom. The first kappa shape index (κ1) is 23.5. The minimum Gasteiger partial charge on any atom is -0.393 e. The quantitative estimate of drug-likeness (QED) is 0.596. The number of aliphatic hydroxyl groups is 1. The average molecular weight is 488 g/mol. The third kappa shape index (κ3) is 4.39. The van der Waals surface area contributed by atoms with Crippen LogP contribution in [0.3, 0.4) is 0 Å². The number of benzene rings is 1. The lowest BCUT2D eigenvalue weighted by Gasteiger charge is -2.40. The van der Waals surface area contributed by atoms with E-state index in [4.69, 9.17) is 0 Å². The molecule has 0 radical (unpaired) electrons. The van der Waals surface area contributed by atoms with Gasteiger partial charge >= 0.3 is 0 Å². The molecular formula is C29H37N5O2. The molecule has 1 aliphatic carbocycles. The van der Waals surface area contributed by atoms with Crippen LogP contribution in [0.4, 0.5) is 5.69 Å². The highest BCUT2D eigenvalue weighted by Gasteiger charge is 2.36. The lowest BCUT2D eigenvalue weighted by atomic mass is 9.81. The van der Waals surface area contributed by atoms with Crippen molar-refractivity contribution >= 4 is 17.1 Å². The van der Waals surface area contributed by atoms with Crippen molar-refractivity contribution in [1.29, 1.82) is 0 Å². The summed E-state index contributed by atoms with van der Waals surface area (Å²) < 4.78 is 1.98. The molecule has 0 spiro atoms. The summed E-state index contributed by atoms with van der Waals surface area (Å²) in [4.78, 5) is 19.6. The minimum absolute atomic E-state index is 0.0153. The molecule has 4 heterocycles. The van der Waals surface area contributed by atoms with E-state index in [1.165, 1.54) is 35.3 Å². The van der Waals surface area contributed by atoms with Crippen molar-refractivity contribution in [2.24, 2.45) is 5.92 Å². The van der Waals surface area contributed by atoms with Crippen molar-refractivity contribution < 1.29 is 9.90 Å². The summed E-state index contributed by atoms with van der Waals surface area (Å²) in [6, 6.07) is 14.1. The predicted molar refractivity (Wildman–Crippen MR) is 142 cm³/mol. The standard InChI is InChI=1S/C29H37N5O2/c1-20(2)33-10-8-23(18-33)21-3-5-22(6-4-21)25-17-28-27(7-9-30-34(28)19-25)31-11-13-32(14-12-31)29(36)24-15-26(35)16-24/h3-7,9,17,19-20,23-24,26,35H,8,10-16,18H2,1-2H3/t23-,24?,26?/m1/s1. The van der Waals surface area contributed by atoms with Gasteiger partial charge in [-0.1, -0.05) is 24.3 Å². The van der Waals surface area contributed by atoms with Crippen LogP contribution in [0.15, 0.2) is 48.8 Å². The van der Waals surface area contributed by atoms with Gasteiger partial charge in [-0.25, -0.2) is 4.52 Å². The number of nitrogens with zero attached hydrogens (tertiary/aromatic N) is 5. The van der Waals surface area contributed by atoms with Crippen LogP contribution in [0.5, 0.6) is 0 Å². The number of aromatic nitrogens is 2. The van der Waals surface area contributed by atoms with Gasteiger partial charge in [0.05, 0.1) is 17.3 Å². The smallest absolute Gasteiger partial charge is 0.226 e. The highest BCUT2D eigenvalue weighted by atomic mass is 16.3. The zero-order valence-electron chi connectivity index (χ0n) is 21.4. The number of amides is 1. The van der Waals surface area contributed by atoms with Crippen molar-refractivity contribution in [3.8, 4) is 11.1 Å². The summed E-state index contributed by atoms with van der Waals surface area (Å²) in [5, 5.41) is 14.1. The van der Waals surface area contributed by atoms with Gasteiger partial charge in [-0.3, -0.25) is 4.79 Å². The summed E-state index contributed by atoms with van der Waals surface area (Å²) in [5.41, 5.74) is 6.09. The fourth-order valence-corrected chi connectivity index (χ4v) is 6.12. The number of likely N-dealkylation sites (tertiary alicyclic amines) is 1. The molecule has 6 rings (SSSR count). The number of aliphatic hydroxyl groups excluding tert-OH is 1. The van der Waals surface area contributed by atoms with Crippen LogP contribution in [0.1, 0.15) is 44.6 Å². The first-order valence-corrected chi connectivity index (χ1v) is 13.5. The molecule has 190 valence electrons. The molecule has 0 bridgehead atoms. The maximum Gasteiger partial charge on any atom is 0.226 e. The minimum atomic E-state index is -0.289. The fourth-order valence-electron chi connectivity index (χ4n) is 6.12. The predicted octanol–water partition coefficient (Wildman–Crippen LogP) is 3.62. The number of carbonyl (C=O) groups is 1. The Labute approximate surface area is 213 Å². The van der Waals surface area contributed by atoms with Gasteiger partial charge in [0.15, 0.2) is 0 Å². The highest BCUT2D eigenvalue weighted by molar-refractivity contribution is 5.82. The van der Waals surface area contributed by atoms with E-state index < -0.39 is 0 Å². The number of carbonyl (C=O) groups excluding carboxylic acids is 1. The SMILES string of the molecule is CC(C)N1CC[C@@H](c2ccc(-c3cc4c(N5CCN(C(=O)C6CC(O)C6)CC5)ccnn4c3)cc2)C1. The van der Waals surface area contributed by atoms with E-state index in [1.807, 2.05) is 15.6 Å². The van der Waals surface area contributed by atoms with Gasteiger partial charge in [-0.2, -0.15) is 5.10 Å². The third-order valence-electron chi connectivity index (χ3n) is 8.55. The molecule has 1 atom stereocenters. The molecule has 2 aliphatic heterocycles. The largest absolute Gasteiger partial charge is 0.393 e.